The largest absolute Gasteiger partial charge is 0.377 e. The van der Waals surface area contributed by atoms with Crippen molar-refractivity contribution in [2.24, 2.45) is 0 Å². The van der Waals surface area contributed by atoms with Gasteiger partial charge in [0.05, 0.1) is 12.6 Å². The number of nitrogens with one attached hydrogen (secondary N) is 2. The van der Waals surface area contributed by atoms with Gasteiger partial charge in [-0.15, -0.1) is 0 Å². The SMILES string of the molecule is O=C(CNC[C@@H]1CCCO1)Nc1ccc(F)cc1. The van der Waals surface area contributed by atoms with Crippen LogP contribution in [0, 0.1) is 5.82 Å². The number of ether oxygens (including phenoxy) is 1. The van der Waals surface area contributed by atoms with Crippen molar-refractivity contribution < 1.29 is 13.9 Å². The summed E-state index contributed by atoms with van der Waals surface area (Å²) in [7, 11) is 0. The van der Waals surface area contributed by atoms with Crippen LogP contribution in [0.5, 0.6) is 0 Å². The second-order valence-corrected chi connectivity index (χ2v) is 4.32. The van der Waals surface area contributed by atoms with Gasteiger partial charge in [-0.1, -0.05) is 0 Å². The Morgan fingerprint density at radius 3 is 2.83 bits per heavy atom. The van der Waals surface area contributed by atoms with E-state index in [0.717, 1.165) is 19.4 Å². The van der Waals surface area contributed by atoms with Crippen LogP contribution in [-0.2, 0) is 9.53 Å². The predicted molar refractivity (Wildman–Crippen MR) is 66.9 cm³/mol. The third-order valence-corrected chi connectivity index (χ3v) is 2.81. The maximum Gasteiger partial charge on any atom is 0.238 e. The summed E-state index contributed by atoms with van der Waals surface area (Å²) in [4.78, 5) is 11.6. The highest BCUT2D eigenvalue weighted by Crippen LogP contribution is 2.10. The average Bonchev–Trinajstić information content (AvgIpc) is 2.85. The van der Waals surface area contributed by atoms with Gasteiger partial charge in [-0.3, -0.25) is 4.79 Å². The van der Waals surface area contributed by atoms with E-state index in [1.165, 1.54) is 24.3 Å². The quantitative estimate of drug-likeness (QED) is 0.835. The molecule has 1 aliphatic rings. The van der Waals surface area contributed by atoms with Crippen molar-refractivity contribution in [2.45, 2.75) is 18.9 Å². The van der Waals surface area contributed by atoms with Crippen molar-refractivity contribution in [3.05, 3.63) is 30.1 Å². The molecule has 0 unspecified atom stereocenters. The maximum absolute atomic E-state index is 12.7. The van der Waals surface area contributed by atoms with Crippen LogP contribution in [-0.4, -0.2) is 31.7 Å². The summed E-state index contributed by atoms with van der Waals surface area (Å²) in [6.45, 7) is 1.74. The van der Waals surface area contributed by atoms with Crippen molar-refractivity contribution in [3.8, 4) is 0 Å². The minimum absolute atomic E-state index is 0.139. The molecule has 1 amide bonds. The number of carbonyl (C=O) groups is 1. The summed E-state index contributed by atoms with van der Waals surface area (Å²) in [6.07, 6.45) is 2.37. The van der Waals surface area contributed by atoms with Crippen LogP contribution in [0.2, 0.25) is 0 Å². The van der Waals surface area contributed by atoms with Gasteiger partial charge >= 0.3 is 0 Å². The Balaban J connectivity index is 1.66. The number of anilines is 1. The second-order valence-electron chi connectivity index (χ2n) is 4.32. The van der Waals surface area contributed by atoms with Crippen LogP contribution in [0.15, 0.2) is 24.3 Å². The zero-order valence-corrected chi connectivity index (χ0v) is 10.1. The van der Waals surface area contributed by atoms with E-state index in [1.807, 2.05) is 0 Å². The Morgan fingerprint density at radius 2 is 2.17 bits per heavy atom. The van der Waals surface area contributed by atoms with Crippen molar-refractivity contribution in [1.82, 2.24) is 5.32 Å². The first-order chi connectivity index (χ1) is 8.74. The van der Waals surface area contributed by atoms with Gasteiger partial charge in [-0.25, -0.2) is 4.39 Å². The van der Waals surface area contributed by atoms with Gasteiger partial charge in [0.2, 0.25) is 5.91 Å². The molecule has 1 atom stereocenters. The van der Waals surface area contributed by atoms with E-state index in [2.05, 4.69) is 10.6 Å². The first kappa shape index (κ1) is 13.0. The molecule has 0 radical (unpaired) electrons. The number of amides is 1. The highest BCUT2D eigenvalue weighted by atomic mass is 19.1. The molecule has 2 rings (SSSR count). The Labute approximate surface area is 106 Å². The molecule has 1 aromatic rings. The lowest BCUT2D eigenvalue weighted by molar-refractivity contribution is -0.115. The van der Waals surface area contributed by atoms with Gasteiger partial charge in [0, 0.05) is 18.8 Å². The molecule has 4 nitrogen and oxygen atoms in total. The van der Waals surface area contributed by atoms with Crippen molar-refractivity contribution in [1.29, 1.82) is 0 Å². The lowest BCUT2D eigenvalue weighted by atomic mass is 10.2. The topological polar surface area (TPSA) is 50.4 Å². The fourth-order valence-electron chi connectivity index (χ4n) is 1.89. The summed E-state index contributed by atoms with van der Waals surface area (Å²) in [5.41, 5.74) is 0.598. The maximum atomic E-state index is 12.7. The van der Waals surface area contributed by atoms with Gasteiger partial charge in [-0.2, -0.15) is 0 Å². The zero-order valence-electron chi connectivity index (χ0n) is 10.1. The first-order valence-corrected chi connectivity index (χ1v) is 6.12. The second kappa shape index (κ2) is 6.47. The summed E-state index contributed by atoms with van der Waals surface area (Å²) >= 11 is 0. The lowest BCUT2D eigenvalue weighted by Crippen LogP contribution is -2.33. The number of carbonyl (C=O) groups excluding carboxylic acids is 1. The fourth-order valence-corrected chi connectivity index (χ4v) is 1.89. The molecule has 5 heteroatoms. The summed E-state index contributed by atoms with van der Waals surface area (Å²) in [5, 5.41) is 5.73. The van der Waals surface area contributed by atoms with E-state index in [1.54, 1.807) is 0 Å². The summed E-state index contributed by atoms with van der Waals surface area (Å²) in [5.74, 6) is -0.455. The number of rotatable bonds is 5. The minimum atomic E-state index is -0.315. The van der Waals surface area contributed by atoms with Crippen molar-refractivity contribution in [2.75, 3.05) is 25.0 Å². The molecule has 2 N–H and O–H groups in total. The van der Waals surface area contributed by atoms with Crippen LogP contribution in [0.3, 0.4) is 0 Å². The van der Waals surface area contributed by atoms with Gasteiger partial charge in [-0.05, 0) is 37.1 Å². The molecular formula is C13H17FN2O2. The molecule has 0 aromatic heterocycles. The van der Waals surface area contributed by atoms with Crippen LogP contribution >= 0.6 is 0 Å². The van der Waals surface area contributed by atoms with Crippen LogP contribution in [0.4, 0.5) is 10.1 Å². The molecule has 18 heavy (non-hydrogen) atoms. The minimum Gasteiger partial charge on any atom is -0.377 e. The molecule has 98 valence electrons. The highest BCUT2D eigenvalue weighted by molar-refractivity contribution is 5.92. The van der Waals surface area contributed by atoms with Crippen LogP contribution in [0.25, 0.3) is 0 Å². The van der Waals surface area contributed by atoms with Gasteiger partial charge in [0.1, 0.15) is 5.82 Å². The normalized spacial score (nSPS) is 18.8. The van der Waals surface area contributed by atoms with E-state index in [0.29, 0.717) is 12.2 Å². The van der Waals surface area contributed by atoms with Gasteiger partial charge in [0.25, 0.3) is 0 Å². The van der Waals surface area contributed by atoms with E-state index < -0.39 is 0 Å². The van der Waals surface area contributed by atoms with E-state index in [9.17, 15) is 9.18 Å². The van der Waals surface area contributed by atoms with Crippen molar-refractivity contribution in [3.63, 3.8) is 0 Å². The Kier molecular flexibility index (Phi) is 4.66. The summed E-state index contributed by atoms with van der Waals surface area (Å²) in [6, 6.07) is 5.70. The number of hydrogen-bond donors (Lipinski definition) is 2. The molecule has 0 aliphatic carbocycles. The average molecular weight is 252 g/mol. The predicted octanol–water partition coefficient (Wildman–Crippen LogP) is 1.53. The smallest absolute Gasteiger partial charge is 0.238 e. The Hall–Kier alpha value is -1.46. The van der Waals surface area contributed by atoms with Crippen molar-refractivity contribution >= 4 is 11.6 Å². The standard InChI is InChI=1S/C13H17FN2O2/c14-10-3-5-11(6-4-10)16-13(17)9-15-8-12-2-1-7-18-12/h3-6,12,15H,1-2,7-9H2,(H,16,17)/t12-/m0/s1. The number of halogens is 1. The molecular weight excluding hydrogens is 235 g/mol. The Morgan fingerprint density at radius 1 is 1.39 bits per heavy atom. The third-order valence-electron chi connectivity index (χ3n) is 2.81. The molecule has 0 spiro atoms. The zero-order chi connectivity index (χ0) is 12.8. The van der Waals surface area contributed by atoms with E-state index in [4.69, 9.17) is 4.74 Å². The summed E-state index contributed by atoms with van der Waals surface area (Å²) < 4.78 is 18.1. The number of hydrogen-bond acceptors (Lipinski definition) is 3. The van der Waals surface area contributed by atoms with E-state index >= 15 is 0 Å². The lowest BCUT2D eigenvalue weighted by Gasteiger charge is -2.10. The Bertz CT molecular complexity index is 388. The first-order valence-electron chi connectivity index (χ1n) is 6.12. The van der Waals surface area contributed by atoms with Crippen LogP contribution < -0.4 is 10.6 Å². The fraction of sp³-hybridized carbons (Fsp3) is 0.462. The molecule has 1 heterocycles. The monoisotopic (exact) mass is 252 g/mol. The van der Waals surface area contributed by atoms with E-state index in [-0.39, 0.29) is 24.4 Å². The molecule has 1 aromatic carbocycles. The van der Waals surface area contributed by atoms with Crippen LogP contribution in [0.1, 0.15) is 12.8 Å². The number of benzene rings is 1. The molecule has 1 aliphatic heterocycles. The van der Waals surface area contributed by atoms with Gasteiger partial charge in [0.15, 0.2) is 0 Å². The molecule has 0 bridgehead atoms. The van der Waals surface area contributed by atoms with Gasteiger partial charge < -0.3 is 15.4 Å². The third kappa shape index (κ3) is 4.09. The molecule has 1 saturated heterocycles. The molecule has 0 saturated carbocycles. The molecule has 1 fully saturated rings. The highest BCUT2D eigenvalue weighted by Gasteiger charge is 2.14.